The molecular formula is C25H31N3O4. The van der Waals surface area contributed by atoms with Gasteiger partial charge in [0.1, 0.15) is 17.8 Å². The summed E-state index contributed by atoms with van der Waals surface area (Å²) < 4.78 is 5.30. The molecule has 0 saturated carbocycles. The maximum absolute atomic E-state index is 13.6. The van der Waals surface area contributed by atoms with Crippen LogP contribution in [0.2, 0.25) is 0 Å². The highest BCUT2D eigenvalue weighted by Crippen LogP contribution is 2.39. The van der Waals surface area contributed by atoms with Crippen molar-refractivity contribution in [2.45, 2.75) is 65.1 Å². The zero-order valence-electron chi connectivity index (χ0n) is 18.9. The fourth-order valence-electron chi connectivity index (χ4n) is 4.60. The van der Waals surface area contributed by atoms with Gasteiger partial charge in [-0.25, -0.2) is 0 Å². The second-order valence-electron chi connectivity index (χ2n) is 8.92. The van der Waals surface area contributed by atoms with Gasteiger partial charge in [-0.15, -0.1) is 0 Å². The van der Waals surface area contributed by atoms with Crippen LogP contribution in [0.25, 0.3) is 0 Å². The van der Waals surface area contributed by atoms with Gasteiger partial charge in [-0.05, 0) is 42.0 Å². The van der Waals surface area contributed by atoms with Crippen molar-refractivity contribution < 1.29 is 18.8 Å². The van der Waals surface area contributed by atoms with Gasteiger partial charge in [-0.1, -0.05) is 45.4 Å². The first kappa shape index (κ1) is 22.1. The van der Waals surface area contributed by atoms with Crippen molar-refractivity contribution in [1.29, 1.82) is 0 Å². The Morgan fingerprint density at radius 1 is 1.19 bits per heavy atom. The van der Waals surface area contributed by atoms with E-state index in [0.29, 0.717) is 25.0 Å². The average molecular weight is 438 g/mol. The molecule has 0 fully saturated rings. The fourth-order valence-corrected chi connectivity index (χ4v) is 4.60. The lowest BCUT2D eigenvalue weighted by molar-refractivity contribution is -0.131. The Kier molecular flexibility index (Phi) is 6.35. The SMILES string of the molecule is CC[C@H](C)[C@H](C)C(=O)N[C@H]1CCc2cccc3c2N(C1=O)[C@H](C(=O)NCc1ccco1)C3. The second-order valence-corrected chi connectivity index (χ2v) is 8.92. The smallest absolute Gasteiger partial charge is 0.250 e. The number of nitrogens with one attached hydrogen (secondary N) is 2. The third-order valence-electron chi connectivity index (χ3n) is 6.95. The van der Waals surface area contributed by atoms with E-state index in [0.717, 1.165) is 23.2 Å². The van der Waals surface area contributed by atoms with Gasteiger partial charge < -0.3 is 15.1 Å². The summed E-state index contributed by atoms with van der Waals surface area (Å²) >= 11 is 0. The largest absolute Gasteiger partial charge is 0.467 e. The van der Waals surface area contributed by atoms with E-state index >= 15 is 0 Å². The lowest BCUT2D eigenvalue weighted by Crippen LogP contribution is -2.55. The van der Waals surface area contributed by atoms with Crippen LogP contribution in [-0.4, -0.2) is 29.8 Å². The quantitative estimate of drug-likeness (QED) is 0.697. The van der Waals surface area contributed by atoms with E-state index in [-0.39, 0.29) is 36.1 Å². The number of benzene rings is 1. The molecule has 4 rings (SSSR count). The Bertz CT molecular complexity index is 1000. The highest BCUT2D eigenvalue weighted by atomic mass is 16.3. The van der Waals surface area contributed by atoms with Crippen molar-refractivity contribution >= 4 is 23.4 Å². The van der Waals surface area contributed by atoms with Gasteiger partial charge in [0, 0.05) is 12.3 Å². The van der Waals surface area contributed by atoms with Crippen molar-refractivity contribution in [3.05, 3.63) is 53.5 Å². The van der Waals surface area contributed by atoms with Gasteiger partial charge >= 0.3 is 0 Å². The van der Waals surface area contributed by atoms with Crippen LogP contribution < -0.4 is 15.5 Å². The number of nitrogens with zero attached hydrogens (tertiary/aromatic N) is 1. The van der Waals surface area contributed by atoms with E-state index in [1.54, 1.807) is 23.3 Å². The summed E-state index contributed by atoms with van der Waals surface area (Å²) in [6.45, 7) is 6.26. The van der Waals surface area contributed by atoms with Gasteiger partial charge in [-0.2, -0.15) is 0 Å². The number of aryl methyl sites for hydroxylation is 1. The second kappa shape index (κ2) is 9.18. The number of carbonyl (C=O) groups excluding carboxylic acids is 3. The van der Waals surface area contributed by atoms with Crippen LogP contribution in [0.3, 0.4) is 0 Å². The van der Waals surface area contributed by atoms with Crippen LogP contribution in [0, 0.1) is 11.8 Å². The Morgan fingerprint density at radius 3 is 2.69 bits per heavy atom. The van der Waals surface area contributed by atoms with E-state index < -0.39 is 12.1 Å². The van der Waals surface area contributed by atoms with E-state index in [2.05, 4.69) is 17.6 Å². The first-order chi connectivity index (χ1) is 15.4. The molecule has 3 amide bonds. The number of hydrogen-bond donors (Lipinski definition) is 2. The van der Waals surface area contributed by atoms with E-state index in [1.807, 2.05) is 32.0 Å². The molecule has 7 nitrogen and oxygen atoms in total. The van der Waals surface area contributed by atoms with E-state index in [9.17, 15) is 14.4 Å². The first-order valence-corrected chi connectivity index (χ1v) is 11.4. The Morgan fingerprint density at radius 2 is 1.97 bits per heavy atom. The summed E-state index contributed by atoms with van der Waals surface area (Å²) in [5.41, 5.74) is 2.88. The molecule has 2 aliphatic rings. The summed E-state index contributed by atoms with van der Waals surface area (Å²) in [6, 6.07) is 8.24. The van der Waals surface area contributed by atoms with Crippen molar-refractivity contribution in [2.75, 3.05) is 4.90 Å². The molecule has 2 aliphatic heterocycles. The number of hydrogen-bond acceptors (Lipinski definition) is 4. The van der Waals surface area contributed by atoms with Crippen LogP contribution in [0.15, 0.2) is 41.0 Å². The zero-order valence-corrected chi connectivity index (χ0v) is 18.9. The number of rotatable bonds is 7. The number of anilines is 1. The molecule has 0 unspecified atom stereocenters. The van der Waals surface area contributed by atoms with Crippen LogP contribution in [0.1, 0.15) is 50.5 Å². The molecule has 3 heterocycles. The summed E-state index contributed by atoms with van der Waals surface area (Å²) in [4.78, 5) is 41.2. The highest BCUT2D eigenvalue weighted by Gasteiger charge is 2.44. The molecular weight excluding hydrogens is 406 g/mol. The van der Waals surface area contributed by atoms with Crippen molar-refractivity contribution in [3.8, 4) is 0 Å². The van der Waals surface area contributed by atoms with Crippen molar-refractivity contribution in [3.63, 3.8) is 0 Å². The molecule has 0 spiro atoms. The van der Waals surface area contributed by atoms with Gasteiger partial charge in [0.25, 0.3) is 0 Å². The normalized spacial score (nSPS) is 21.5. The Balaban J connectivity index is 1.56. The number of carbonyl (C=O) groups is 3. The third-order valence-corrected chi connectivity index (χ3v) is 6.95. The molecule has 2 aromatic rings. The van der Waals surface area contributed by atoms with Crippen LogP contribution >= 0.6 is 0 Å². The number of furan rings is 1. The Hall–Kier alpha value is -3.09. The predicted octanol–water partition coefficient (Wildman–Crippen LogP) is 2.97. The van der Waals surface area contributed by atoms with Gasteiger partial charge in [0.2, 0.25) is 17.7 Å². The molecule has 2 N–H and O–H groups in total. The topological polar surface area (TPSA) is 91.7 Å². The molecule has 0 saturated heterocycles. The molecule has 0 aliphatic carbocycles. The van der Waals surface area contributed by atoms with Gasteiger partial charge in [0.15, 0.2) is 0 Å². The minimum atomic E-state index is -0.646. The van der Waals surface area contributed by atoms with Crippen molar-refractivity contribution in [2.24, 2.45) is 11.8 Å². The lowest BCUT2D eigenvalue weighted by Gasteiger charge is -2.29. The summed E-state index contributed by atoms with van der Waals surface area (Å²) in [5.74, 6) is 0.155. The molecule has 0 radical (unpaired) electrons. The predicted molar refractivity (Wildman–Crippen MR) is 121 cm³/mol. The van der Waals surface area contributed by atoms with Crippen molar-refractivity contribution in [1.82, 2.24) is 10.6 Å². The molecule has 32 heavy (non-hydrogen) atoms. The van der Waals surface area contributed by atoms with Gasteiger partial charge in [0.05, 0.1) is 18.5 Å². The van der Waals surface area contributed by atoms with Gasteiger partial charge in [-0.3, -0.25) is 19.3 Å². The maximum Gasteiger partial charge on any atom is 0.250 e. The minimum Gasteiger partial charge on any atom is -0.467 e. The summed E-state index contributed by atoms with van der Waals surface area (Å²) in [7, 11) is 0. The standard InChI is InChI=1S/C25H31N3O4/c1-4-15(2)16(3)23(29)27-20-11-10-17-7-5-8-18-13-21(28(22(17)18)25(20)31)24(30)26-14-19-9-6-12-32-19/h5-9,12,15-16,20-21H,4,10-11,13-14H2,1-3H3,(H,26,30)(H,27,29)/t15-,16-,20-,21-/m0/s1. The highest BCUT2D eigenvalue weighted by molar-refractivity contribution is 6.07. The van der Waals surface area contributed by atoms with Crippen LogP contribution in [0.4, 0.5) is 5.69 Å². The molecule has 1 aromatic heterocycles. The van der Waals surface area contributed by atoms with E-state index in [4.69, 9.17) is 4.42 Å². The number of para-hydroxylation sites is 1. The van der Waals surface area contributed by atoms with Crippen LogP contribution in [0.5, 0.6) is 0 Å². The first-order valence-electron chi connectivity index (χ1n) is 11.4. The Labute approximate surface area is 188 Å². The zero-order chi connectivity index (χ0) is 22.8. The third kappa shape index (κ3) is 4.16. The fraction of sp³-hybridized carbons (Fsp3) is 0.480. The summed E-state index contributed by atoms with van der Waals surface area (Å²) in [5, 5.41) is 5.88. The average Bonchev–Trinajstić information content (AvgIpc) is 3.43. The molecule has 170 valence electrons. The molecule has 7 heteroatoms. The van der Waals surface area contributed by atoms with Crippen LogP contribution in [-0.2, 0) is 33.8 Å². The molecule has 0 bridgehead atoms. The summed E-state index contributed by atoms with van der Waals surface area (Å²) in [6.07, 6.45) is 4.11. The van der Waals surface area contributed by atoms with E-state index in [1.165, 1.54) is 0 Å². The molecule has 1 aromatic carbocycles. The number of amides is 3. The maximum atomic E-state index is 13.6. The molecule has 4 atom stereocenters. The minimum absolute atomic E-state index is 0.109. The monoisotopic (exact) mass is 437 g/mol. The lowest BCUT2D eigenvalue weighted by atomic mass is 9.92.